The van der Waals surface area contributed by atoms with E-state index in [-0.39, 0.29) is 11.8 Å². The van der Waals surface area contributed by atoms with Gasteiger partial charge < -0.3 is 15.1 Å². The zero-order valence-corrected chi connectivity index (χ0v) is 17.9. The third-order valence-electron chi connectivity index (χ3n) is 5.18. The highest BCUT2D eigenvalue weighted by molar-refractivity contribution is 6.30. The number of carbonyl (C=O) groups excluding carboxylic acids is 2. The lowest BCUT2D eigenvalue weighted by molar-refractivity contribution is -0.115. The van der Waals surface area contributed by atoms with E-state index in [1.165, 1.54) is 0 Å². The largest absolute Gasteiger partial charge is 0.368 e. The summed E-state index contributed by atoms with van der Waals surface area (Å²) in [5.74, 6) is 0.455. The molecule has 1 fully saturated rings. The number of halogens is 1. The highest BCUT2D eigenvalue weighted by Gasteiger charge is 2.24. The first-order valence-corrected chi connectivity index (χ1v) is 10.5. The second-order valence-corrected chi connectivity index (χ2v) is 7.67. The van der Waals surface area contributed by atoms with Gasteiger partial charge in [0.15, 0.2) is 0 Å². The molecule has 1 aliphatic heterocycles. The van der Waals surface area contributed by atoms with Crippen molar-refractivity contribution < 1.29 is 9.59 Å². The molecule has 2 aromatic heterocycles. The van der Waals surface area contributed by atoms with Gasteiger partial charge in [0.25, 0.3) is 5.91 Å². The second-order valence-electron chi connectivity index (χ2n) is 7.23. The summed E-state index contributed by atoms with van der Waals surface area (Å²) in [5, 5.41) is 3.47. The van der Waals surface area contributed by atoms with E-state index in [1.807, 2.05) is 29.2 Å². The minimum Gasteiger partial charge on any atom is -0.368 e. The molecule has 160 valence electrons. The molecule has 0 saturated carbocycles. The summed E-state index contributed by atoms with van der Waals surface area (Å²) in [6.07, 6.45) is 5.24. The van der Waals surface area contributed by atoms with Crippen molar-refractivity contribution in [3.05, 3.63) is 65.8 Å². The Kier molecular flexibility index (Phi) is 6.18. The topological polar surface area (TPSA) is 83.4 Å². The lowest BCUT2D eigenvalue weighted by Crippen LogP contribution is -2.48. The molecule has 1 aliphatic rings. The summed E-state index contributed by atoms with van der Waals surface area (Å²) in [7, 11) is 0. The molecule has 8 nitrogen and oxygen atoms in total. The Labute approximate surface area is 185 Å². The highest BCUT2D eigenvalue weighted by Crippen LogP contribution is 2.20. The number of piperazine rings is 1. The number of rotatable bonds is 5. The van der Waals surface area contributed by atoms with Crippen LogP contribution in [0.2, 0.25) is 5.02 Å². The number of hydrogen-bond donors (Lipinski definition) is 1. The van der Waals surface area contributed by atoms with E-state index in [0.29, 0.717) is 41.7 Å². The van der Waals surface area contributed by atoms with Gasteiger partial charge in [0.05, 0.1) is 11.9 Å². The van der Waals surface area contributed by atoms with Crippen LogP contribution < -0.4 is 10.2 Å². The summed E-state index contributed by atoms with van der Waals surface area (Å²) in [6.45, 7) is 4.54. The van der Waals surface area contributed by atoms with Crippen molar-refractivity contribution in [2.45, 2.75) is 13.3 Å². The van der Waals surface area contributed by atoms with Crippen molar-refractivity contribution in [2.75, 3.05) is 36.4 Å². The van der Waals surface area contributed by atoms with Crippen LogP contribution in [0.15, 0.2) is 55.1 Å². The Morgan fingerprint density at radius 3 is 2.42 bits per heavy atom. The third-order valence-corrected chi connectivity index (χ3v) is 5.43. The predicted octanol–water partition coefficient (Wildman–Crippen LogP) is 3.23. The van der Waals surface area contributed by atoms with Gasteiger partial charge in [0.2, 0.25) is 5.91 Å². The SMILES string of the molecule is CCC(=O)Nc1ccc(-n2cnc(C(=O)N3CCN(c4ccc(Cl)cc4)CC3)c2)nc1. The van der Waals surface area contributed by atoms with Crippen LogP contribution in [0.4, 0.5) is 11.4 Å². The first-order valence-electron chi connectivity index (χ1n) is 10.1. The molecular formula is C22H23ClN6O2. The molecule has 0 spiro atoms. The lowest BCUT2D eigenvalue weighted by atomic mass is 10.2. The molecule has 3 heterocycles. The number of nitrogens with one attached hydrogen (secondary N) is 1. The number of anilines is 2. The van der Waals surface area contributed by atoms with Gasteiger partial charge in [-0.2, -0.15) is 0 Å². The fourth-order valence-electron chi connectivity index (χ4n) is 3.40. The highest BCUT2D eigenvalue weighted by atomic mass is 35.5. The minimum absolute atomic E-state index is 0.0683. The first kappa shape index (κ1) is 20.9. The maximum atomic E-state index is 12.9. The van der Waals surface area contributed by atoms with Crippen LogP contribution >= 0.6 is 11.6 Å². The average molecular weight is 439 g/mol. The standard InChI is InChI=1S/C22H23ClN6O2/c1-2-21(30)26-17-5-8-20(24-13-17)29-14-19(25-15-29)22(31)28-11-9-27(10-12-28)18-6-3-16(23)4-7-18/h3-8,13-15H,2,9-12H2,1H3,(H,26,30). The normalized spacial score (nSPS) is 13.9. The van der Waals surface area contributed by atoms with E-state index in [1.54, 1.807) is 42.3 Å². The van der Waals surface area contributed by atoms with Crippen molar-refractivity contribution in [3.63, 3.8) is 0 Å². The van der Waals surface area contributed by atoms with Crippen molar-refractivity contribution >= 4 is 34.8 Å². The summed E-state index contributed by atoms with van der Waals surface area (Å²) in [5.41, 5.74) is 2.11. The van der Waals surface area contributed by atoms with Gasteiger partial charge in [-0.3, -0.25) is 14.2 Å². The van der Waals surface area contributed by atoms with E-state index in [0.717, 1.165) is 18.8 Å². The van der Waals surface area contributed by atoms with Crippen LogP contribution in [0, 0.1) is 0 Å². The molecule has 1 saturated heterocycles. The predicted molar refractivity (Wildman–Crippen MR) is 120 cm³/mol. The Hall–Kier alpha value is -3.39. The number of carbonyl (C=O) groups is 2. The smallest absolute Gasteiger partial charge is 0.274 e. The van der Waals surface area contributed by atoms with Crippen molar-refractivity contribution in [3.8, 4) is 5.82 Å². The molecular weight excluding hydrogens is 416 g/mol. The summed E-state index contributed by atoms with van der Waals surface area (Å²) < 4.78 is 1.70. The summed E-state index contributed by atoms with van der Waals surface area (Å²) in [4.78, 5) is 37.0. The van der Waals surface area contributed by atoms with Crippen LogP contribution in [0.25, 0.3) is 5.82 Å². The van der Waals surface area contributed by atoms with Crippen molar-refractivity contribution in [1.29, 1.82) is 0 Å². The molecule has 0 unspecified atom stereocenters. The molecule has 3 aromatic rings. The Balaban J connectivity index is 1.37. The van der Waals surface area contributed by atoms with Gasteiger partial charge in [-0.15, -0.1) is 0 Å². The van der Waals surface area contributed by atoms with Crippen LogP contribution in [-0.4, -0.2) is 57.4 Å². The van der Waals surface area contributed by atoms with Crippen molar-refractivity contribution in [1.82, 2.24) is 19.4 Å². The molecule has 0 atom stereocenters. The van der Waals surface area contributed by atoms with E-state index in [4.69, 9.17) is 11.6 Å². The van der Waals surface area contributed by atoms with Gasteiger partial charge in [-0.1, -0.05) is 18.5 Å². The van der Waals surface area contributed by atoms with Gasteiger partial charge >= 0.3 is 0 Å². The van der Waals surface area contributed by atoms with E-state index >= 15 is 0 Å². The van der Waals surface area contributed by atoms with Gasteiger partial charge in [0, 0.05) is 49.5 Å². The minimum atomic E-state index is -0.0960. The van der Waals surface area contributed by atoms with Crippen molar-refractivity contribution in [2.24, 2.45) is 0 Å². The number of aromatic nitrogens is 3. The van der Waals surface area contributed by atoms with Gasteiger partial charge in [-0.05, 0) is 36.4 Å². The maximum Gasteiger partial charge on any atom is 0.274 e. The Morgan fingerprint density at radius 2 is 1.77 bits per heavy atom. The fraction of sp³-hybridized carbons (Fsp3) is 0.273. The zero-order chi connectivity index (χ0) is 21.8. The van der Waals surface area contributed by atoms with Crippen LogP contribution in [0.5, 0.6) is 0 Å². The molecule has 0 radical (unpaired) electrons. The van der Waals surface area contributed by atoms with E-state index in [2.05, 4.69) is 20.2 Å². The lowest BCUT2D eigenvalue weighted by Gasteiger charge is -2.35. The number of nitrogens with zero attached hydrogens (tertiary/aromatic N) is 5. The summed E-state index contributed by atoms with van der Waals surface area (Å²) >= 11 is 5.96. The van der Waals surface area contributed by atoms with E-state index < -0.39 is 0 Å². The molecule has 9 heteroatoms. The molecule has 1 aromatic carbocycles. The van der Waals surface area contributed by atoms with Crippen LogP contribution in [0.3, 0.4) is 0 Å². The van der Waals surface area contributed by atoms with Crippen LogP contribution in [-0.2, 0) is 4.79 Å². The molecule has 31 heavy (non-hydrogen) atoms. The third kappa shape index (κ3) is 4.86. The molecule has 0 aliphatic carbocycles. The number of amides is 2. The Morgan fingerprint density at radius 1 is 1.03 bits per heavy atom. The zero-order valence-electron chi connectivity index (χ0n) is 17.2. The quantitative estimate of drug-likeness (QED) is 0.661. The van der Waals surface area contributed by atoms with Gasteiger partial charge in [-0.25, -0.2) is 9.97 Å². The van der Waals surface area contributed by atoms with Crippen LogP contribution in [0.1, 0.15) is 23.8 Å². The average Bonchev–Trinajstić information content (AvgIpc) is 3.30. The molecule has 2 amide bonds. The first-order chi connectivity index (χ1) is 15.0. The second kappa shape index (κ2) is 9.18. The number of imidazole rings is 1. The fourth-order valence-corrected chi connectivity index (χ4v) is 3.53. The summed E-state index contributed by atoms with van der Waals surface area (Å²) in [6, 6.07) is 11.3. The molecule has 1 N–H and O–H groups in total. The Bertz CT molecular complexity index is 1060. The number of pyridine rings is 1. The number of hydrogen-bond acceptors (Lipinski definition) is 5. The van der Waals surface area contributed by atoms with E-state index in [9.17, 15) is 9.59 Å². The molecule has 0 bridgehead atoms. The van der Waals surface area contributed by atoms with Gasteiger partial charge in [0.1, 0.15) is 17.8 Å². The molecule has 4 rings (SSSR count). The number of benzene rings is 1. The monoisotopic (exact) mass is 438 g/mol. The maximum absolute atomic E-state index is 12.9.